The summed E-state index contributed by atoms with van der Waals surface area (Å²) in [5.74, 6) is 0.0391. The zero-order valence-electron chi connectivity index (χ0n) is 11.2. The number of ether oxygens (including phenoxy) is 1. The average Bonchev–Trinajstić information content (AvgIpc) is 2.84. The van der Waals surface area contributed by atoms with Crippen LogP contribution in [0.25, 0.3) is 0 Å². The third kappa shape index (κ3) is 2.82. The van der Waals surface area contributed by atoms with Crippen LogP contribution in [0, 0.1) is 17.0 Å². The summed E-state index contributed by atoms with van der Waals surface area (Å²) in [6, 6.07) is -0.202. The van der Waals surface area contributed by atoms with Gasteiger partial charge in [-0.2, -0.15) is 4.98 Å². The third-order valence-corrected chi connectivity index (χ3v) is 3.67. The molecular formula is C11H13N5O3S. The molecule has 0 aliphatic heterocycles. The molecule has 2 aromatic rings. The summed E-state index contributed by atoms with van der Waals surface area (Å²) in [7, 11) is 1.33. The van der Waals surface area contributed by atoms with E-state index in [2.05, 4.69) is 20.3 Å². The van der Waals surface area contributed by atoms with Gasteiger partial charge in [0.05, 0.1) is 18.1 Å². The van der Waals surface area contributed by atoms with Gasteiger partial charge in [-0.3, -0.25) is 10.1 Å². The fraction of sp³-hybridized carbons (Fsp3) is 0.364. The first-order chi connectivity index (χ1) is 9.52. The van der Waals surface area contributed by atoms with Gasteiger partial charge >= 0.3 is 5.69 Å². The van der Waals surface area contributed by atoms with E-state index in [4.69, 9.17) is 4.74 Å². The Hall–Kier alpha value is -2.29. The Morgan fingerprint density at radius 2 is 2.25 bits per heavy atom. The van der Waals surface area contributed by atoms with Gasteiger partial charge in [0.2, 0.25) is 5.82 Å². The molecule has 2 rings (SSSR count). The number of hydrogen-bond acceptors (Lipinski definition) is 8. The van der Waals surface area contributed by atoms with Crippen molar-refractivity contribution in [3.05, 3.63) is 32.5 Å². The smallest absolute Gasteiger partial charge is 0.372 e. The van der Waals surface area contributed by atoms with Crippen LogP contribution >= 0.6 is 11.3 Å². The maximum Gasteiger partial charge on any atom is 0.372 e. The van der Waals surface area contributed by atoms with E-state index in [9.17, 15) is 10.1 Å². The lowest BCUT2D eigenvalue weighted by molar-refractivity contribution is -0.385. The van der Waals surface area contributed by atoms with E-state index in [-0.39, 0.29) is 23.4 Å². The summed E-state index contributed by atoms with van der Waals surface area (Å²) in [5, 5.41) is 16.8. The number of thiazole rings is 1. The molecule has 0 aliphatic carbocycles. The predicted octanol–water partition coefficient (Wildman–Crippen LogP) is 2.33. The molecule has 1 N–H and O–H groups in total. The van der Waals surface area contributed by atoms with E-state index >= 15 is 0 Å². The lowest BCUT2D eigenvalue weighted by Crippen LogP contribution is -2.11. The van der Waals surface area contributed by atoms with Crippen molar-refractivity contribution in [2.45, 2.75) is 19.9 Å². The zero-order chi connectivity index (χ0) is 14.7. The van der Waals surface area contributed by atoms with Gasteiger partial charge in [0.25, 0.3) is 5.88 Å². The molecule has 0 bridgehead atoms. The van der Waals surface area contributed by atoms with Crippen molar-refractivity contribution >= 4 is 22.8 Å². The van der Waals surface area contributed by atoms with E-state index in [0.717, 1.165) is 10.7 Å². The molecule has 9 heteroatoms. The van der Waals surface area contributed by atoms with E-state index in [1.165, 1.54) is 24.8 Å². The van der Waals surface area contributed by atoms with E-state index in [1.807, 2.05) is 19.2 Å². The minimum atomic E-state index is -0.568. The molecule has 1 atom stereocenters. The maximum absolute atomic E-state index is 11.1. The Balaban J connectivity index is 2.31. The van der Waals surface area contributed by atoms with Crippen molar-refractivity contribution in [3.63, 3.8) is 0 Å². The number of aromatic nitrogens is 3. The number of aryl methyl sites for hydroxylation is 1. The first kappa shape index (κ1) is 14.1. The largest absolute Gasteiger partial charge is 0.476 e. The van der Waals surface area contributed by atoms with Crippen LogP contribution in [-0.4, -0.2) is 27.0 Å². The van der Waals surface area contributed by atoms with Gasteiger partial charge in [0.15, 0.2) is 0 Å². The Morgan fingerprint density at radius 3 is 2.80 bits per heavy atom. The SMILES string of the molecule is COc1ncnc(NC(C)c2nc(C)cs2)c1[N+](=O)[O-]. The standard InChI is InChI=1S/C11H13N5O3S/c1-6-4-20-11(14-6)7(2)15-9-8(16(17)18)10(19-3)13-5-12-9/h4-5,7H,1-3H3,(H,12,13,15). The normalized spacial score (nSPS) is 11.9. The molecule has 20 heavy (non-hydrogen) atoms. The van der Waals surface area contributed by atoms with Gasteiger partial charge in [-0.05, 0) is 13.8 Å². The van der Waals surface area contributed by atoms with E-state index in [1.54, 1.807) is 0 Å². The summed E-state index contributed by atoms with van der Waals surface area (Å²) in [5.41, 5.74) is 0.628. The van der Waals surface area contributed by atoms with Crippen LogP contribution in [0.4, 0.5) is 11.5 Å². The molecular weight excluding hydrogens is 282 g/mol. The van der Waals surface area contributed by atoms with Crippen LogP contribution in [0.2, 0.25) is 0 Å². The third-order valence-electron chi connectivity index (χ3n) is 2.53. The predicted molar refractivity (Wildman–Crippen MR) is 74.1 cm³/mol. The topological polar surface area (TPSA) is 103 Å². The maximum atomic E-state index is 11.1. The van der Waals surface area contributed by atoms with Gasteiger partial charge in [0.1, 0.15) is 11.3 Å². The molecule has 2 heterocycles. The minimum absolute atomic E-state index is 0.0741. The van der Waals surface area contributed by atoms with Gasteiger partial charge in [-0.25, -0.2) is 9.97 Å². The summed E-state index contributed by atoms with van der Waals surface area (Å²) < 4.78 is 4.89. The van der Waals surface area contributed by atoms with Crippen LogP contribution in [0.5, 0.6) is 5.88 Å². The summed E-state index contributed by atoms with van der Waals surface area (Å²) in [4.78, 5) is 22.5. The Labute approximate surface area is 119 Å². The Morgan fingerprint density at radius 1 is 1.50 bits per heavy atom. The highest BCUT2D eigenvalue weighted by Crippen LogP contribution is 2.33. The van der Waals surface area contributed by atoms with Crippen molar-refractivity contribution in [1.29, 1.82) is 0 Å². The number of nitrogens with zero attached hydrogens (tertiary/aromatic N) is 4. The monoisotopic (exact) mass is 295 g/mol. The second-order valence-electron chi connectivity index (χ2n) is 4.03. The minimum Gasteiger partial charge on any atom is -0.476 e. The summed E-state index contributed by atoms with van der Waals surface area (Å²) >= 11 is 1.48. The molecule has 1 unspecified atom stereocenters. The highest BCUT2D eigenvalue weighted by Gasteiger charge is 2.25. The van der Waals surface area contributed by atoms with Gasteiger partial charge < -0.3 is 10.1 Å². The Bertz CT molecular complexity index is 630. The second-order valence-corrected chi connectivity index (χ2v) is 4.92. The lowest BCUT2D eigenvalue weighted by atomic mass is 10.3. The molecule has 0 fully saturated rings. The number of hydrogen-bond donors (Lipinski definition) is 1. The molecule has 8 nitrogen and oxygen atoms in total. The molecule has 0 aromatic carbocycles. The highest BCUT2D eigenvalue weighted by atomic mass is 32.1. The van der Waals surface area contributed by atoms with Crippen molar-refractivity contribution in [1.82, 2.24) is 15.0 Å². The van der Waals surface area contributed by atoms with E-state index < -0.39 is 4.92 Å². The molecule has 0 saturated heterocycles. The van der Waals surface area contributed by atoms with E-state index in [0.29, 0.717) is 0 Å². The van der Waals surface area contributed by atoms with Crippen LogP contribution < -0.4 is 10.1 Å². The van der Waals surface area contributed by atoms with Crippen molar-refractivity contribution in [3.8, 4) is 5.88 Å². The van der Waals surface area contributed by atoms with Crippen molar-refractivity contribution in [2.24, 2.45) is 0 Å². The fourth-order valence-electron chi connectivity index (χ4n) is 1.62. The molecule has 0 aliphatic rings. The van der Waals surface area contributed by atoms with Crippen molar-refractivity contribution < 1.29 is 9.66 Å². The number of nitrogens with one attached hydrogen (secondary N) is 1. The lowest BCUT2D eigenvalue weighted by Gasteiger charge is -2.12. The van der Waals surface area contributed by atoms with Crippen LogP contribution in [0.15, 0.2) is 11.7 Å². The van der Waals surface area contributed by atoms with Crippen molar-refractivity contribution in [2.75, 3.05) is 12.4 Å². The van der Waals surface area contributed by atoms with Gasteiger partial charge in [0, 0.05) is 11.1 Å². The van der Waals surface area contributed by atoms with Crippen LogP contribution in [-0.2, 0) is 0 Å². The number of anilines is 1. The molecule has 0 saturated carbocycles. The first-order valence-corrected chi connectivity index (χ1v) is 6.62. The molecule has 0 radical (unpaired) electrons. The Kier molecular flexibility index (Phi) is 4.08. The second kappa shape index (κ2) is 5.78. The number of rotatable bonds is 5. The summed E-state index contributed by atoms with van der Waals surface area (Å²) in [6.07, 6.45) is 1.22. The molecule has 0 amide bonds. The van der Waals surface area contributed by atoms with Gasteiger partial charge in [-0.15, -0.1) is 11.3 Å². The van der Waals surface area contributed by atoms with Crippen LogP contribution in [0.1, 0.15) is 23.7 Å². The number of methoxy groups -OCH3 is 1. The molecule has 0 spiro atoms. The quantitative estimate of drug-likeness (QED) is 0.666. The fourth-order valence-corrected chi connectivity index (χ4v) is 2.42. The average molecular weight is 295 g/mol. The molecule has 2 aromatic heterocycles. The summed E-state index contributed by atoms with van der Waals surface area (Å²) in [6.45, 7) is 3.75. The van der Waals surface area contributed by atoms with Crippen LogP contribution in [0.3, 0.4) is 0 Å². The highest BCUT2D eigenvalue weighted by molar-refractivity contribution is 7.09. The molecule has 106 valence electrons. The first-order valence-electron chi connectivity index (χ1n) is 5.75. The number of nitro groups is 1. The zero-order valence-corrected chi connectivity index (χ0v) is 12.0. The van der Waals surface area contributed by atoms with Gasteiger partial charge in [-0.1, -0.05) is 0 Å².